The summed E-state index contributed by atoms with van der Waals surface area (Å²) in [4.78, 5) is 43.9. The van der Waals surface area contributed by atoms with Crippen molar-refractivity contribution >= 4 is 74.5 Å². The number of nitrogens with zero attached hydrogens (tertiary/aromatic N) is 2. The van der Waals surface area contributed by atoms with Gasteiger partial charge in [-0.2, -0.15) is 0 Å². The molecule has 2 aromatic carbocycles. The van der Waals surface area contributed by atoms with Crippen LogP contribution < -0.4 is 19.6 Å². The molecule has 1 aliphatic rings. The van der Waals surface area contributed by atoms with Gasteiger partial charge in [0.15, 0.2) is 10.6 Å². The Morgan fingerprint density at radius 2 is 1.87 bits per heavy atom. The van der Waals surface area contributed by atoms with Crippen LogP contribution in [0.4, 0.5) is 0 Å². The number of thiazole rings is 1. The summed E-state index contributed by atoms with van der Waals surface area (Å²) in [6.45, 7) is 9.29. The van der Waals surface area contributed by atoms with Gasteiger partial charge in [0, 0.05) is 16.1 Å². The normalized spacial score (nSPS) is 15.4. The minimum atomic E-state index is -0.683. The molecule has 7 nitrogen and oxygen atoms in total. The summed E-state index contributed by atoms with van der Waals surface area (Å²) < 4.78 is 14.5. The van der Waals surface area contributed by atoms with Crippen LogP contribution in [0, 0.1) is 7.14 Å². The van der Waals surface area contributed by atoms with E-state index in [2.05, 4.69) is 64.0 Å². The third kappa shape index (κ3) is 5.81. The monoisotopic (exact) mass is 756 g/mol. The van der Waals surface area contributed by atoms with Crippen molar-refractivity contribution in [1.82, 2.24) is 4.57 Å². The van der Waals surface area contributed by atoms with Crippen molar-refractivity contribution in [2.45, 2.75) is 46.6 Å². The van der Waals surface area contributed by atoms with Gasteiger partial charge < -0.3 is 9.47 Å². The number of hydrogen-bond donors (Lipinski definition) is 0. The highest BCUT2D eigenvalue weighted by molar-refractivity contribution is 14.1. The number of ether oxygens (including phenoxy) is 2. The topological polar surface area (TPSA) is 87.0 Å². The lowest BCUT2D eigenvalue weighted by atomic mass is 9.93. The number of carbonyl (C=O) groups excluding carboxylic acids is 2. The fourth-order valence-corrected chi connectivity index (χ4v) is 7.29. The minimum absolute atomic E-state index is 0.212. The van der Waals surface area contributed by atoms with Crippen molar-refractivity contribution in [2.24, 2.45) is 4.99 Å². The first-order valence-corrected chi connectivity index (χ1v) is 15.0. The van der Waals surface area contributed by atoms with E-state index in [0.29, 0.717) is 37.8 Å². The van der Waals surface area contributed by atoms with Gasteiger partial charge in [0.2, 0.25) is 0 Å². The fraction of sp³-hybridized carbons (Fsp3) is 0.286. The molecule has 1 aromatic heterocycles. The zero-order chi connectivity index (χ0) is 27.7. The Labute approximate surface area is 251 Å². The molecule has 1 atom stereocenters. The van der Waals surface area contributed by atoms with Gasteiger partial charge in [-0.25, -0.2) is 9.79 Å². The quantitative estimate of drug-likeness (QED) is 0.200. The Morgan fingerprint density at radius 3 is 2.47 bits per heavy atom. The van der Waals surface area contributed by atoms with Crippen molar-refractivity contribution in [2.75, 3.05) is 6.61 Å². The van der Waals surface area contributed by atoms with Crippen LogP contribution in [-0.2, 0) is 14.3 Å². The molecule has 0 bridgehead atoms. The molecule has 1 aliphatic heterocycles. The highest BCUT2D eigenvalue weighted by Crippen LogP contribution is 2.32. The van der Waals surface area contributed by atoms with Crippen LogP contribution in [0.3, 0.4) is 0 Å². The lowest BCUT2D eigenvalue weighted by Gasteiger charge is -2.25. The van der Waals surface area contributed by atoms with E-state index in [0.717, 1.165) is 18.3 Å². The number of rotatable bonds is 6. The smallest absolute Gasteiger partial charge is 0.338 e. The lowest BCUT2D eigenvalue weighted by molar-refractivity contribution is -0.139. The predicted molar refractivity (Wildman–Crippen MR) is 164 cm³/mol. The summed E-state index contributed by atoms with van der Waals surface area (Å²) in [5.74, 6) is -0.200. The molecule has 0 spiro atoms. The van der Waals surface area contributed by atoms with Gasteiger partial charge >= 0.3 is 11.9 Å². The van der Waals surface area contributed by atoms with Crippen molar-refractivity contribution in [3.8, 4) is 5.75 Å². The summed E-state index contributed by atoms with van der Waals surface area (Å²) in [7, 11) is 0. The van der Waals surface area contributed by atoms with Crippen molar-refractivity contribution in [3.63, 3.8) is 0 Å². The highest BCUT2D eigenvalue weighted by Gasteiger charge is 2.33. The zero-order valence-electron chi connectivity index (χ0n) is 21.5. The maximum absolute atomic E-state index is 13.9. The second-order valence-corrected chi connectivity index (χ2v) is 12.4. The average Bonchev–Trinajstić information content (AvgIpc) is 3.14. The number of benzene rings is 2. The number of aromatic nitrogens is 1. The van der Waals surface area contributed by atoms with E-state index in [1.54, 1.807) is 24.5 Å². The number of allylic oxidation sites excluding steroid dienone is 1. The Bertz CT molecular complexity index is 1630. The molecule has 0 radical (unpaired) electrons. The molecule has 3 aromatic rings. The van der Waals surface area contributed by atoms with Crippen LogP contribution in [-0.4, -0.2) is 23.1 Å². The molecule has 38 heavy (non-hydrogen) atoms. The standard InChI is InChI=1S/C28H26I2N2O5S/c1-6-36-27(35)23-15(4)31-28-32(24(23)18-9-7-17(8-10-18)14(2)3)26(34)22(38-28)12-19-11-20(29)13-21(30)25(19)37-16(5)33/h7-14,24H,6H2,1-5H3. The minimum Gasteiger partial charge on any atom is -0.463 e. The predicted octanol–water partition coefficient (Wildman–Crippen LogP) is 5.06. The Morgan fingerprint density at radius 1 is 1.18 bits per heavy atom. The van der Waals surface area contributed by atoms with E-state index in [9.17, 15) is 14.4 Å². The number of fused-ring (bicyclic) bond motifs is 1. The Kier molecular flexibility index (Phi) is 8.92. The summed E-state index contributed by atoms with van der Waals surface area (Å²) in [6.07, 6.45) is 1.72. The maximum atomic E-state index is 13.9. The van der Waals surface area contributed by atoms with Crippen molar-refractivity contribution in [1.29, 1.82) is 0 Å². The SMILES string of the molecule is CCOC(=O)C1=C(C)N=c2sc(=Cc3cc(I)cc(I)c3OC(C)=O)c(=O)n2C1c1ccc(C(C)C)cc1. The van der Waals surface area contributed by atoms with Crippen LogP contribution in [0.5, 0.6) is 5.75 Å². The van der Waals surface area contributed by atoms with Gasteiger partial charge in [0.25, 0.3) is 5.56 Å². The molecule has 0 fully saturated rings. The summed E-state index contributed by atoms with van der Waals surface area (Å²) in [5.41, 5.74) is 3.13. The van der Waals surface area contributed by atoms with Crippen LogP contribution in [0.1, 0.15) is 63.3 Å². The third-order valence-corrected chi connectivity index (χ3v) is 8.41. The third-order valence-electron chi connectivity index (χ3n) is 6.01. The molecular weight excluding hydrogens is 730 g/mol. The maximum Gasteiger partial charge on any atom is 0.338 e. The molecule has 10 heteroatoms. The largest absolute Gasteiger partial charge is 0.463 e. The zero-order valence-corrected chi connectivity index (χ0v) is 26.6. The highest BCUT2D eigenvalue weighted by atomic mass is 127. The van der Waals surface area contributed by atoms with Gasteiger partial charge in [-0.05, 0) is 94.3 Å². The second-order valence-electron chi connectivity index (χ2n) is 9.02. The summed E-state index contributed by atoms with van der Waals surface area (Å²) >= 11 is 5.53. The molecule has 0 amide bonds. The molecule has 198 valence electrons. The first-order valence-electron chi connectivity index (χ1n) is 12.0. The van der Waals surface area contributed by atoms with Crippen LogP contribution in [0.25, 0.3) is 6.08 Å². The Balaban J connectivity index is 1.97. The van der Waals surface area contributed by atoms with Crippen LogP contribution in [0.15, 0.2) is 57.5 Å². The number of carbonyl (C=O) groups is 2. The molecule has 4 rings (SSSR count). The van der Waals surface area contributed by atoms with E-state index >= 15 is 0 Å². The first-order chi connectivity index (χ1) is 18.0. The van der Waals surface area contributed by atoms with Gasteiger partial charge in [-0.15, -0.1) is 0 Å². The van der Waals surface area contributed by atoms with Crippen molar-refractivity contribution in [3.05, 3.63) is 91.2 Å². The number of hydrogen-bond acceptors (Lipinski definition) is 7. The fourth-order valence-electron chi connectivity index (χ4n) is 4.25. The Hall–Kier alpha value is -2.32. The first kappa shape index (κ1) is 28.7. The molecular formula is C28H26I2N2O5S. The number of esters is 2. The van der Waals surface area contributed by atoms with Crippen LogP contribution >= 0.6 is 56.5 Å². The number of halogens is 2. The van der Waals surface area contributed by atoms with E-state index in [1.807, 2.05) is 36.4 Å². The van der Waals surface area contributed by atoms with Gasteiger partial charge in [-0.3, -0.25) is 14.2 Å². The molecule has 2 heterocycles. The summed E-state index contributed by atoms with van der Waals surface area (Å²) in [5, 5.41) is 0. The van der Waals surface area contributed by atoms with Gasteiger partial charge in [0.05, 0.1) is 32.0 Å². The molecule has 0 N–H and O–H groups in total. The lowest BCUT2D eigenvalue weighted by Crippen LogP contribution is -2.40. The van der Waals surface area contributed by atoms with Crippen molar-refractivity contribution < 1.29 is 19.1 Å². The van der Waals surface area contributed by atoms with E-state index < -0.39 is 18.0 Å². The molecule has 0 saturated heterocycles. The second kappa shape index (κ2) is 11.8. The van der Waals surface area contributed by atoms with Gasteiger partial charge in [0.1, 0.15) is 0 Å². The van der Waals surface area contributed by atoms with E-state index in [1.165, 1.54) is 18.3 Å². The summed E-state index contributed by atoms with van der Waals surface area (Å²) in [6, 6.07) is 11.0. The van der Waals surface area contributed by atoms with Crippen LogP contribution in [0.2, 0.25) is 0 Å². The van der Waals surface area contributed by atoms with E-state index in [-0.39, 0.29) is 12.2 Å². The molecule has 0 aliphatic carbocycles. The molecule has 1 unspecified atom stereocenters. The van der Waals surface area contributed by atoms with E-state index in [4.69, 9.17) is 9.47 Å². The average molecular weight is 756 g/mol. The molecule has 0 saturated carbocycles. The van der Waals surface area contributed by atoms with Gasteiger partial charge in [-0.1, -0.05) is 49.4 Å².